The number of hydrogen-bond donors (Lipinski definition) is 1. The van der Waals surface area contributed by atoms with Gasteiger partial charge in [0.25, 0.3) is 11.5 Å². The van der Waals surface area contributed by atoms with Crippen molar-refractivity contribution in [1.82, 2.24) is 9.47 Å². The number of thiazole rings is 1. The van der Waals surface area contributed by atoms with Gasteiger partial charge >= 0.3 is 0 Å². The van der Waals surface area contributed by atoms with Crippen LogP contribution in [0.15, 0.2) is 55.9 Å². The molecule has 3 aromatic rings. The Balaban J connectivity index is 2.05. The van der Waals surface area contributed by atoms with Gasteiger partial charge in [-0.1, -0.05) is 22.9 Å². The van der Waals surface area contributed by atoms with E-state index in [0.29, 0.717) is 65.8 Å². The number of methoxy groups -OCH3 is 2. The maximum atomic E-state index is 14.0. The molecule has 0 saturated heterocycles. The summed E-state index contributed by atoms with van der Waals surface area (Å²) in [4.78, 5) is 34.6. The summed E-state index contributed by atoms with van der Waals surface area (Å²) in [6.07, 6.45) is 1.57. The monoisotopic (exact) mass is 619 g/mol. The largest absolute Gasteiger partial charge is 0.506 e. The highest BCUT2D eigenvalue weighted by Gasteiger charge is 2.36. The number of carbonyl (C=O) groups is 1. The van der Waals surface area contributed by atoms with Crippen molar-refractivity contribution in [3.63, 3.8) is 0 Å². The van der Waals surface area contributed by atoms with Gasteiger partial charge in [-0.25, -0.2) is 4.99 Å². The van der Waals surface area contributed by atoms with Gasteiger partial charge in [0.05, 0.1) is 34.5 Å². The average molecular weight is 621 g/mol. The van der Waals surface area contributed by atoms with E-state index in [1.165, 1.54) is 11.7 Å². The first-order valence-electron chi connectivity index (χ1n) is 11.9. The molecule has 11 heteroatoms. The van der Waals surface area contributed by atoms with Crippen LogP contribution >= 0.6 is 38.9 Å². The number of carbonyl (C=O) groups excluding carboxylic acids is 1. The number of aromatic nitrogens is 1. The van der Waals surface area contributed by atoms with E-state index in [4.69, 9.17) is 21.1 Å². The van der Waals surface area contributed by atoms with Gasteiger partial charge < -0.3 is 19.5 Å². The van der Waals surface area contributed by atoms with E-state index >= 15 is 0 Å². The summed E-state index contributed by atoms with van der Waals surface area (Å²) in [7, 11) is 3.09. The molecule has 0 bridgehead atoms. The van der Waals surface area contributed by atoms with Crippen molar-refractivity contribution in [2.45, 2.75) is 26.8 Å². The summed E-state index contributed by atoms with van der Waals surface area (Å²) < 4.78 is 13.4. The number of nitrogens with zero attached hydrogens (tertiary/aromatic N) is 3. The number of likely N-dealkylation sites (N-methyl/N-ethyl adjacent to an activating group) is 1. The van der Waals surface area contributed by atoms with Crippen LogP contribution in [0.25, 0.3) is 6.08 Å². The normalized spacial score (nSPS) is 15.2. The number of halogens is 2. The van der Waals surface area contributed by atoms with Crippen LogP contribution in [0, 0.1) is 0 Å². The predicted octanol–water partition coefficient (Wildman–Crippen LogP) is 4.24. The number of amides is 1. The van der Waals surface area contributed by atoms with Crippen molar-refractivity contribution in [1.29, 1.82) is 0 Å². The second-order valence-corrected chi connectivity index (χ2v) is 10.8. The summed E-state index contributed by atoms with van der Waals surface area (Å²) in [5, 5.41) is 11.0. The van der Waals surface area contributed by atoms with Gasteiger partial charge in [-0.3, -0.25) is 14.2 Å². The standard InChI is InChI=1S/C27H27BrClN3O5S/c1-6-31(7-2)26(35)22-14(3)30-27-32(23(22)18-13-17(36-4)8-9-20(18)37-5)25(34)21(38-27)11-15-10-16(29)12-19(28)24(15)33/h8-13,23,33H,6-7H2,1-5H3/b21-11+/t23-/m1/s1. The van der Waals surface area contributed by atoms with Gasteiger partial charge in [0.2, 0.25) is 0 Å². The summed E-state index contributed by atoms with van der Waals surface area (Å²) in [5.41, 5.74) is 1.50. The Hall–Kier alpha value is -3.08. The number of phenolic OH excluding ortho intramolecular Hbond substituents is 1. The quantitative estimate of drug-likeness (QED) is 0.427. The van der Waals surface area contributed by atoms with Crippen LogP contribution < -0.4 is 24.4 Å². The lowest BCUT2D eigenvalue weighted by Crippen LogP contribution is -2.43. The smallest absolute Gasteiger partial charge is 0.271 e. The molecule has 0 radical (unpaired) electrons. The molecule has 1 aromatic heterocycles. The second-order valence-electron chi connectivity index (χ2n) is 8.49. The third-order valence-electron chi connectivity index (χ3n) is 6.38. The van der Waals surface area contributed by atoms with E-state index in [1.807, 2.05) is 13.8 Å². The van der Waals surface area contributed by atoms with E-state index < -0.39 is 6.04 Å². The zero-order valence-corrected chi connectivity index (χ0v) is 24.7. The van der Waals surface area contributed by atoms with Crippen molar-refractivity contribution < 1.29 is 19.4 Å². The first-order valence-corrected chi connectivity index (χ1v) is 13.9. The van der Waals surface area contributed by atoms with E-state index in [1.54, 1.807) is 55.3 Å². The molecule has 0 unspecified atom stereocenters. The summed E-state index contributed by atoms with van der Waals surface area (Å²) in [6, 6.07) is 7.61. The molecule has 2 heterocycles. The van der Waals surface area contributed by atoms with E-state index in [9.17, 15) is 14.7 Å². The van der Waals surface area contributed by atoms with Crippen LogP contribution in [-0.4, -0.2) is 47.8 Å². The van der Waals surface area contributed by atoms with Crippen molar-refractivity contribution in [3.05, 3.63) is 81.9 Å². The maximum absolute atomic E-state index is 14.0. The number of rotatable bonds is 7. The maximum Gasteiger partial charge on any atom is 0.271 e. The summed E-state index contributed by atoms with van der Waals surface area (Å²) in [6.45, 7) is 6.59. The molecular weight excluding hydrogens is 594 g/mol. The van der Waals surface area contributed by atoms with Crippen LogP contribution in [0.3, 0.4) is 0 Å². The fourth-order valence-corrected chi connectivity index (χ4v) is 6.33. The Labute approximate surface area is 237 Å². The van der Waals surface area contributed by atoms with Crippen LogP contribution in [0.5, 0.6) is 17.2 Å². The highest BCUT2D eigenvalue weighted by molar-refractivity contribution is 9.10. The van der Waals surface area contributed by atoms with Crippen LogP contribution in [0.2, 0.25) is 5.02 Å². The molecule has 1 N–H and O–H groups in total. The molecule has 0 saturated carbocycles. The molecule has 38 heavy (non-hydrogen) atoms. The highest BCUT2D eigenvalue weighted by Crippen LogP contribution is 2.38. The average Bonchev–Trinajstić information content (AvgIpc) is 3.20. The molecule has 8 nitrogen and oxygen atoms in total. The molecule has 1 amide bonds. The summed E-state index contributed by atoms with van der Waals surface area (Å²) >= 11 is 10.6. The molecule has 2 aromatic carbocycles. The van der Waals surface area contributed by atoms with Gasteiger partial charge in [0.1, 0.15) is 23.3 Å². The number of allylic oxidation sites excluding steroid dienone is 1. The lowest BCUT2D eigenvalue weighted by atomic mass is 9.93. The van der Waals surface area contributed by atoms with Crippen molar-refractivity contribution in [2.75, 3.05) is 27.3 Å². The highest BCUT2D eigenvalue weighted by atomic mass is 79.9. The number of benzene rings is 2. The molecule has 0 aliphatic carbocycles. The van der Waals surface area contributed by atoms with E-state index in [2.05, 4.69) is 20.9 Å². The lowest BCUT2D eigenvalue weighted by molar-refractivity contribution is -0.127. The Morgan fingerprint density at radius 1 is 1.24 bits per heavy atom. The minimum Gasteiger partial charge on any atom is -0.506 e. The van der Waals surface area contributed by atoms with Crippen molar-refractivity contribution in [2.24, 2.45) is 4.99 Å². The van der Waals surface area contributed by atoms with Crippen LogP contribution in [-0.2, 0) is 4.79 Å². The third kappa shape index (κ3) is 5.00. The Kier molecular flexibility index (Phi) is 8.34. The molecule has 4 rings (SSSR count). The third-order valence-corrected chi connectivity index (χ3v) is 8.18. The molecule has 1 atom stereocenters. The number of phenols is 1. The molecule has 1 aliphatic rings. The van der Waals surface area contributed by atoms with Crippen LogP contribution in [0.4, 0.5) is 0 Å². The van der Waals surface area contributed by atoms with Gasteiger partial charge in [0, 0.05) is 29.2 Å². The fraction of sp³-hybridized carbons (Fsp3) is 0.296. The first-order chi connectivity index (χ1) is 18.1. The summed E-state index contributed by atoms with van der Waals surface area (Å²) in [5.74, 6) is 0.805. The SMILES string of the molecule is CCN(CC)C(=O)C1=C(C)N=c2s/c(=C/c3cc(Cl)cc(Br)c3O)c(=O)n2[C@@H]1c1cc(OC)ccc1OC. The number of ether oxygens (including phenoxy) is 2. The Morgan fingerprint density at radius 3 is 2.58 bits per heavy atom. The van der Waals surface area contributed by atoms with Gasteiger partial charge in [-0.15, -0.1) is 0 Å². The van der Waals surface area contributed by atoms with Crippen molar-refractivity contribution >= 4 is 50.9 Å². The van der Waals surface area contributed by atoms with Gasteiger partial charge in [0.15, 0.2) is 4.80 Å². The van der Waals surface area contributed by atoms with E-state index in [0.717, 1.165) is 11.3 Å². The first kappa shape index (κ1) is 27.9. The zero-order valence-electron chi connectivity index (χ0n) is 21.5. The van der Waals surface area contributed by atoms with Gasteiger partial charge in [-0.05, 0) is 73.1 Å². The van der Waals surface area contributed by atoms with Crippen LogP contribution in [0.1, 0.15) is 37.9 Å². The number of fused-ring (bicyclic) bond motifs is 1. The minimum absolute atomic E-state index is 0.0418. The molecule has 0 spiro atoms. The number of hydrogen-bond acceptors (Lipinski definition) is 7. The number of aromatic hydroxyl groups is 1. The fourth-order valence-electron chi connectivity index (χ4n) is 4.46. The predicted molar refractivity (Wildman–Crippen MR) is 152 cm³/mol. The Morgan fingerprint density at radius 2 is 1.95 bits per heavy atom. The molecule has 1 aliphatic heterocycles. The minimum atomic E-state index is -0.814. The molecule has 200 valence electrons. The zero-order chi connectivity index (χ0) is 27.7. The molecule has 0 fully saturated rings. The molecular formula is C27H27BrClN3O5S. The van der Waals surface area contributed by atoms with Crippen molar-refractivity contribution in [3.8, 4) is 17.2 Å². The topological polar surface area (TPSA) is 93.4 Å². The lowest BCUT2D eigenvalue weighted by Gasteiger charge is -2.30. The Bertz CT molecular complexity index is 1620. The van der Waals surface area contributed by atoms with E-state index in [-0.39, 0.29) is 17.2 Å². The second kappa shape index (κ2) is 11.3. The van der Waals surface area contributed by atoms with Gasteiger partial charge in [-0.2, -0.15) is 0 Å².